The molecule has 1 rings (SSSR count). The highest BCUT2D eigenvalue weighted by atomic mass is 16.5. The van der Waals surface area contributed by atoms with E-state index in [2.05, 4.69) is 39.5 Å². The summed E-state index contributed by atoms with van der Waals surface area (Å²) in [7, 11) is 0. The van der Waals surface area contributed by atoms with Crippen LogP contribution in [0.5, 0.6) is 0 Å². The first-order valence-corrected chi connectivity index (χ1v) is 4.77. The Labute approximate surface area is 75.9 Å². The van der Waals surface area contributed by atoms with Crippen molar-refractivity contribution in [3.8, 4) is 0 Å². The van der Waals surface area contributed by atoms with Crippen molar-refractivity contribution in [3.63, 3.8) is 0 Å². The van der Waals surface area contributed by atoms with Crippen molar-refractivity contribution in [1.82, 2.24) is 4.90 Å². The van der Waals surface area contributed by atoms with E-state index in [1.807, 2.05) is 0 Å². The molecule has 2 nitrogen and oxygen atoms in total. The largest absolute Gasteiger partial charge is 0.364 e. The van der Waals surface area contributed by atoms with Gasteiger partial charge in [-0.3, -0.25) is 4.90 Å². The minimum atomic E-state index is 0.242. The Hall–Kier alpha value is -0.0800. The maximum Gasteiger partial charge on any atom is 0.0998 e. The first-order valence-electron chi connectivity index (χ1n) is 4.77. The van der Waals surface area contributed by atoms with Crippen LogP contribution in [0.1, 0.15) is 34.6 Å². The van der Waals surface area contributed by atoms with E-state index in [4.69, 9.17) is 4.74 Å². The zero-order chi connectivity index (χ0) is 9.35. The van der Waals surface area contributed by atoms with Crippen LogP contribution >= 0.6 is 0 Å². The van der Waals surface area contributed by atoms with Gasteiger partial charge >= 0.3 is 0 Å². The van der Waals surface area contributed by atoms with Crippen molar-refractivity contribution in [2.24, 2.45) is 5.92 Å². The molecule has 1 unspecified atom stereocenters. The van der Waals surface area contributed by atoms with E-state index in [-0.39, 0.29) is 5.54 Å². The predicted molar refractivity (Wildman–Crippen MR) is 51.0 cm³/mol. The van der Waals surface area contributed by atoms with Crippen LogP contribution in [0.2, 0.25) is 0 Å². The first kappa shape index (κ1) is 10.0. The van der Waals surface area contributed by atoms with Gasteiger partial charge in [0, 0.05) is 11.6 Å². The molecule has 0 aromatic heterocycles. The van der Waals surface area contributed by atoms with Gasteiger partial charge < -0.3 is 4.74 Å². The topological polar surface area (TPSA) is 12.5 Å². The van der Waals surface area contributed by atoms with Crippen LogP contribution in [0.4, 0.5) is 0 Å². The van der Waals surface area contributed by atoms with Crippen molar-refractivity contribution >= 4 is 0 Å². The summed E-state index contributed by atoms with van der Waals surface area (Å²) < 4.78 is 5.48. The Balaban J connectivity index is 2.64. The molecular weight excluding hydrogens is 150 g/mol. The fourth-order valence-corrected chi connectivity index (χ4v) is 1.70. The molecule has 0 N–H and O–H groups in total. The Bertz CT molecular complexity index is 148. The Morgan fingerprint density at radius 1 is 1.33 bits per heavy atom. The van der Waals surface area contributed by atoms with E-state index < -0.39 is 0 Å². The Kier molecular flexibility index (Phi) is 2.79. The molecule has 12 heavy (non-hydrogen) atoms. The summed E-state index contributed by atoms with van der Waals surface area (Å²) in [6, 6.07) is 0.602. The van der Waals surface area contributed by atoms with Gasteiger partial charge in [-0.1, -0.05) is 13.8 Å². The molecule has 0 aromatic rings. The van der Waals surface area contributed by atoms with E-state index >= 15 is 0 Å². The molecule has 1 saturated heterocycles. The van der Waals surface area contributed by atoms with Crippen molar-refractivity contribution < 1.29 is 4.74 Å². The van der Waals surface area contributed by atoms with Crippen LogP contribution in [0.15, 0.2) is 0 Å². The molecule has 0 spiro atoms. The van der Waals surface area contributed by atoms with Gasteiger partial charge in [0.1, 0.15) is 0 Å². The van der Waals surface area contributed by atoms with Gasteiger partial charge in [-0.2, -0.15) is 0 Å². The lowest BCUT2D eigenvalue weighted by Gasteiger charge is -2.36. The van der Waals surface area contributed by atoms with Crippen molar-refractivity contribution in [3.05, 3.63) is 0 Å². The number of nitrogens with zero attached hydrogens (tertiary/aromatic N) is 1. The van der Waals surface area contributed by atoms with Gasteiger partial charge in [-0.25, -0.2) is 0 Å². The molecule has 1 aliphatic rings. The first-order chi connectivity index (χ1) is 5.43. The summed E-state index contributed by atoms with van der Waals surface area (Å²) in [5, 5.41) is 0. The summed E-state index contributed by atoms with van der Waals surface area (Å²) in [5.74, 6) is 0.687. The second-order valence-corrected chi connectivity index (χ2v) is 4.95. The predicted octanol–water partition coefficient (Wildman–Crippen LogP) is 2.10. The molecule has 0 bridgehead atoms. The van der Waals surface area contributed by atoms with Gasteiger partial charge in [-0.05, 0) is 26.7 Å². The maximum atomic E-state index is 5.48. The fourth-order valence-electron chi connectivity index (χ4n) is 1.70. The molecule has 2 heteroatoms. The monoisotopic (exact) mass is 171 g/mol. The highest BCUT2D eigenvalue weighted by Crippen LogP contribution is 2.25. The molecule has 0 radical (unpaired) electrons. The highest BCUT2D eigenvalue weighted by Gasteiger charge is 2.35. The summed E-state index contributed by atoms with van der Waals surface area (Å²) in [6.07, 6.45) is 0. The average Bonchev–Trinajstić information content (AvgIpc) is 2.30. The zero-order valence-corrected chi connectivity index (χ0v) is 8.92. The molecular formula is C10H21NO. The second kappa shape index (κ2) is 3.35. The van der Waals surface area contributed by atoms with Crippen LogP contribution in [0, 0.1) is 5.92 Å². The van der Waals surface area contributed by atoms with Crippen LogP contribution in [-0.2, 0) is 4.74 Å². The average molecular weight is 171 g/mol. The third kappa shape index (κ3) is 1.99. The van der Waals surface area contributed by atoms with Crippen LogP contribution in [0.3, 0.4) is 0 Å². The number of hydrogen-bond acceptors (Lipinski definition) is 2. The lowest BCUT2D eigenvalue weighted by molar-refractivity contribution is 0.0620. The van der Waals surface area contributed by atoms with Crippen molar-refractivity contribution in [2.75, 3.05) is 13.3 Å². The molecule has 72 valence electrons. The van der Waals surface area contributed by atoms with Gasteiger partial charge in [-0.15, -0.1) is 0 Å². The molecule has 1 atom stereocenters. The summed E-state index contributed by atoms with van der Waals surface area (Å²) in [4.78, 5) is 2.44. The summed E-state index contributed by atoms with van der Waals surface area (Å²) >= 11 is 0. The molecule has 1 aliphatic heterocycles. The third-order valence-corrected chi connectivity index (χ3v) is 2.55. The van der Waals surface area contributed by atoms with Crippen LogP contribution in [0.25, 0.3) is 0 Å². The molecule has 0 amide bonds. The number of hydrogen-bond donors (Lipinski definition) is 0. The molecule has 0 aliphatic carbocycles. The maximum absolute atomic E-state index is 5.48. The normalized spacial score (nSPS) is 27.0. The van der Waals surface area contributed by atoms with Gasteiger partial charge in [0.05, 0.1) is 13.3 Å². The standard InChI is InChI=1S/C10H21NO/c1-8(2)9-6-12-7-11(9)10(3,4)5/h8-9H,6-7H2,1-5H3. The molecule has 0 aromatic carbocycles. The van der Waals surface area contributed by atoms with E-state index in [1.54, 1.807) is 0 Å². The quantitative estimate of drug-likeness (QED) is 0.599. The lowest BCUT2D eigenvalue weighted by Crippen LogP contribution is -2.47. The summed E-state index contributed by atoms with van der Waals surface area (Å²) in [5.41, 5.74) is 0.242. The minimum Gasteiger partial charge on any atom is -0.364 e. The van der Waals surface area contributed by atoms with Crippen LogP contribution < -0.4 is 0 Å². The molecule has 1 heterocycles. The summed E-state index contributed by atoms with van der Waals surface area (Å²) in [6.45, 7) is 13.0. The highest BCUT2D eigenvalue weighted by molar-refractivity contribution is 4.86. The van der Waals surface area contributed by atoms with Crippen molar-refractivity contribution in [1.29, 1.82) is 0 Å². The fraction of sp³-hybridized carbons (Fsp3) is 1.00. The molecule has 1 fully saturated rings. The third-order valence-electron chi connectivity index (χ3n) is 2.55. The van der Waals surface area contributed by atoms with E-state index in [9.17, 15) is 0 Å². The van der Waals surface area contributed by atoms with Crippen LogP contribution in [-0.4, -0.2) is 29.8 Å². The van der Waals surface area contributed by atoms with E-state index in [1.165, 1.54) is 0 Å². The van der Waals surface area contributed by atoms with Gasteiger partial charge in [0.25, 0.3) is 0 Å². The number of rotatable bonds is 1. The smallest absolute Gasteiger partial charge is 0.0998 e. The van der Waals surface area contributed by atoms with Crippen molar-refractivity contribution in [2.45, 2.75) is 46.2 Å². The SMILES string of the molecule is CC(C)C1COCN1C(C)(C)C. The van der Waals surface area contributed by atoms with E-state index in [0.29, 0.717) is 12.0 Å². The zero-order valence-electron chi connectivity index (χ0n) is 8.92. The Morgan fingerprint density at radius 2 is 1.92 bits per heavy atom. The van der Waals surface area contributed by atoms with Gasteiger partial charge in [0.2, 0.25) is 0 Å². The second-order valence-electron chi connectivity index (χ2n) is 4.95. The Morgan fingerprint density at radius 3 is 2.25 bits per heavy atom. The minimum absolute atomic E-state index is 0.242. The lowest BCUT2D eigenvalue weighted by atomic mass is 9.98. The number of ether oxygens (including phenoxy) is 1. The molecule has 0 saturated carbocycles. The van der Waals surface area contributed by atoms with E-state index in [0.717, 1.165) is 13.3 Å². The van der Waals surface area contributed by atoms with Gasteiger partial charge in [0.15, 0.2) is 0 Å².